The van der Waals surface area contributed by atoms with Crippen LogP contribution in [0.4, 0.5) is 0 Å². The maximum absolute atomic E-state index is 13.2. The van der Waals surface area contributed by atoms with Crippen LogP contribution in [0.2, 0.25) is 0 Å². The van der Waals surface area contributed by atoms with Crippen molar-refractivity contribution in [3.8, 4) is 0 Å². The van der Waals surface area contributed by atoms with Gasteiger partial charge in [-0.1, -0.05) is 17.4 Å². The summed E-state index contributed by atoms with van der Waals surface area (Å²) in [5.74, 6) is -0.427. The lowest BCUT2D eigenvalue weighted by atomic mass is 10.0. The van der Waals surface area contributed by atoms with Gasteiger partial charge in [-0.3, -0.25) is 9.36 Å². The van der Waals surface area contributed by atoms with Crippen LogP contribution in [-0.4, -0.2) is 17.1 Å². The second-order valence-electron chi connectivity index (χ2n) is 5.87. The summed E-state index contributed by atoms with van der Waals surface area (Å²) in [5.41, 5.74) is 1.86. The first-order valence-corrected chi connectivity index (χ1v) is 11.0. The van der Waals surface area contributed by atoms with E-state index in [-0.39, 0.29) is 12.2 Å². The Kier molecular flexibility index (Phi) is 4.94. The van der Waals surface area contributed by atoms with E-state index in [1.807, 2.05) is 40.4 Å². The Labute approximate surface area is 167 Å². The first kappa shape index (κ1) is 18.1. The summed E-state index contributed by atoms with van der Waals surface area (Å²) in [6.07, 6.45) is 1.87. The van der Waals surface area contributed by atoms with Gasteiger partial charge in [0.15, 0.2) is 4.80 Å². The molecule has 0 aromatic carbocycles. The van der Waals surface area contributed by atoms with Crippen LogP contribution in [0, 0.1) is 0 Å². The van der Waals surface area contributed by atoms with Crippen molar-refractivity contribution in [3.63, 3.8) is 0 Å². The largest absolute Gasteiger partial charge is 0.463 e. The zero-order chi connectivity index (χ0) is 19.0. The number of fused-ring (bicyclic) bond motifs is 1. The molecule has 27 heavy (non-hydrogen) atoms. The van der Waals surface area contributed by atoms with Gasteiger partial charge in [-0.2, -0.15) is 11.3 Å². The van der Waals surface area contributed by atoms with Crippen LogP contribution >= 0.6 is 34.0 Å². The lowest BCUT2D eigenvalue weighted by Gasteiger charge is -2.23. The number of allylic oxidation sites excluding steroid dienone is 1. The molecule has 3 aromatic heterocycles. The Morgan fingerprint density at radius 1 is 1.37 bits per heavy atom. The molecule has 0 aliphatic carbocycles. The third-order valence-electron chi connectivity index (χ3n) is 4.17. The van der Waals surface area contributed by atoms with E-state index in [0.717, 1.165) is 10.4 Å². The monoisotopic (exact) mass is 416 g/mol. The minimum atomic E-state index is -0.509. The standard InChI is InChI=1S/C19H16N2O3S3/c1-3-24-18(23)15-11(2)20-19-21(16(15)13-5-4-7-26-13)17(22)14(27-19)9-12-6-8-25-10-12/h4-10,16H,3H2,1-2H3/b14-9+. The summed E-state index contributed by atoms with van der Waals surface area (Å²) < 4.78 is 7.48. The lowest BCUT2D eigenvalue weighted by molar-refractivity contribution is -0.139. The number of thiazole rings is 1. The maximum Gasteiger partial charge on any atom is 0.338 e. The molecule has 0 N–H and O–H groups in total. The topological polar surface area (TPSA) is 60.7 Å². The summed E-state index contributed by atoms with van der Waals surface area (Å²) in [6, 6.07) is 5.31. The van der Waals surface area contributed by atoms with Gasteiger partial charge in [0.05, 0.1) is 22.4 Å². The molecule has 4 heterocycles. The van der Waals surface area contributed by atoms with E-state index in [0.29, 0.717) is 20.6 Å². The average molecular weight is 417 g/mol. The Hall–Kier alpha value is -2.29. The second-order valence-corrected chi connectivity index (χ2v) is 8.64. The normalized spacial score (nSPS) is 17.0. The zero-order valence-corrected chi connectivity index (χ0v) is 17.1. The molecule has 1 unspecified atom stereocenters. The predicted octanol–water partition coefficient (Wildman–Crippen LogP) is 2.92. The van der Waals surface area contributed by atoms with Crippen LogP contribution in [0.5, 0.6) is 0 Å². The molecule has 3 aromatic rings. The Bertz CT molecular complexity index is 1180. The number of carbonyl (C=O) groups is 1. The quantitative estimate of drug-likeness (QED) is 0.615. The molecule has 4 rings (SSSR count). The summed E-state index contributed by atoms with van der Waals surface area (Å²) in [6.45, 7) is 3.84. The molecular weight excluding hydrogens is 400 g/mol. The van der Waals surface area contributed by atoms with Crippen molar-refractivity contribution in [3.05, 3.63) is 75.7 Å². The molecule has 1 aliphatic rings. The number of rotatable bonds is 4. The third kappa shape index (κ3) is 3.24. The fraction of sp³-hybridized carbons (Fsp3) is 0.211. The van der Waals surface area contributed by atoms with Crippen molar-refractivity contribution in [2.45, 2.75) is 19.9 Å². The highest BCUT2D eigenvalue weighted by atomic mass is 32.1. The summed E-state index contributed by atoms with van der Waals surface area (Å²) in [7, 11) is 0. The first-order valence-electron chi connectivity index (χ1n) is 8.35. The number of thiophene rings is 2. The number of hydrogen-bond donors (Lipinski definition) is 0. The van der Waals surface area contributed by atoms with Gasteiger partial charge < -0.3 is 4.74 Å². The van der Waals surface area contributed by atoms with Gasteiger partial charge in [0.1, 0.15) is 6.04 Å². The van der Waals surface area contributed by atoms with Gasteiger partial charge in [0.2, 0.25) is 0 Å². The molecule has 0 amide bonds. The number of aromatic nitrogens is 1. The van der Waals surface area contributed by atoms with Gasteiger partial charge in [-0.05, 0) is 53.8 Å². The van der Waals surface area contributed by atoms with E-state index < -0.39 is 12.0 Å². The van der Waals surface area contributed by atoms with Crippen LogP contribution in [-0.2, 0) is 9.53 Å². The number of nitrogens with zero attached hydrogens (tertiary/aromatic N) is 2. The van der Waals surface area contributed by atoms with Gasteiger partial charge in [-0.15, -0.1) is 11.3 Å². The van der Waals surface area contributed by atoms with Crippen molar-refractivity contribution in [2.75, 3.05) is 6.61 Å². The first-order chi connectivity index (χ1) is 13.1. The smallest absolute Gasteiger partial charge is 0.338 e. The molecule has 0 spiro atoms. The van der Waals surface area contributed by atoms with Crippen molar-refractivity contribution in [2.24, 2.45) is 4.99 Å². The van der Waals surface area contributed by atoms with Gasteiger partial charge in [-0.25, -0.2) is 9.79 Å². The van der Waals surface area contributed by atoms with E-state index >= 15 is 0 Å². The molecule has 0 fully saturated rings. The molecule has 8 heteroatoms. The van der Waals surface area contributed by atoms with E-state index in [1.165, 1.54) is 22.7 Å². The second kappa shape index (κ2) is 7.38. The van der Waals surface area contributed by atoms with Crippen LogP contribution in [0.15, 0.2) is 55.4 Å². The van der Waals surface area contributed by atoms with Gasteiger partial charge in [0.25, 0.3) is 5.56 Å². The predicted molar refractivity (Wildman–Crippen MR) is 109 cm³/mol. The fourth-order valence-corrected chi connectivity index (χ4v) is 5.50. The Balaban J connectivity index is 1.96. The number of hydrogen-bond acceptors (Lipinski definition) is 7. The number of carbonyl (C=O) groups excluding carboxylic acids is 1. The van der Waals surface area contributed by atoms with Crippen molar-refractivity contribution >= 4 is 46.1 Å². The van der Waals surface area contributed by atoms with Crippen LogP contribution in [0.25, 0.3) is 6.08 Å². The van der Waals surface area contributed by atoms with Crippen LogP contribution in [0.1, 0.15) is 30.3 Å². The zero-order valence-electron chi connectivity index (χ0n) is 14.7. The fourth-order valence-electron chi connectivity index (χ4n) is 3.02. The maximum atomic E-state index is 13.2. The van der Waals surface area contributed by atoms with Crippen molar-refractivity contribution < 1.29 is 9.53 Å². The van der Waals surface area contributed by atoms with E-state index in [9.17, 15) is 9.59 Å². The van der Waals surface area contributed by atoms with E-state index in [2.05, 4.69) is 4.99 Å². The summed E-state index contributed by atoms with van der Waals surface area (Å²) in [4.78, 5) is 31.9. The molecule has 0 bridgehead atoms. The number of ether oxygens (including phenoxy) is 1. The molecule has 1 aliphatic heterocycles. The van der Waals surface area contributed by atoms with E-state index in [1.54, 1.807) is 29.8 Å². The molecule has 0 radical (unpaired) electrons. The van der Waals surface area contributed by atoms with Gasteiger partial charge >= 0.3 is 5.97 Å². The molecular formula is C19H16N2O3S3. The Morgan fingerprint density at radius 2 is 2.22 bits per heavy atom. The minimum Gasteiger partial charge on any atom is -0.463 e. The number of esters is 1. The molecule has 138 valence electrons. The Morgan fingerprint density at radius 3 is 2.89 bits per heavy atom. The van der Waals surface area contributed by atoms with Crippen molar-refractivity contribution in [1.82, 2.24) is 4.57 Å². The third-order valence-corrected chi connectivity index (χ3v) is 6.78. The molecule has 0 saturated carbocycles. The summed E-state index contributed by atoms with van der Waals surface area (Å²) >= 11 is 4.44. The average Bonchev–Trinajstić information content (AvgIpc) is 3.38. The SMILES string of the molecule is CCOC(=O)C1=C(C)N=c2s/c(=C/c3ccsc3)c(=O)n2C1c1cccs1. The highest BCUT2D eigenvalue weighted by molar-refractivity contribution is 7.10. The summed E-state index contributed by atoms with van der Waals surface area (Å²) in [5, 5.41) is 5.90. The molecule has 1 atom stereocenters. The molecule has 0 saturated heterocycles. The molecule has 5 nitrogen and oxygen atoms in total. The van der Waals surface area contributed by atoms with Crippen molar-refractivity contribution in [1.29, 1.82) is 0 Å². The van der Waals surface area contributed by atoms with Crippen LogP contribution in [0.3, 0.4) is 0 Å². The highest BCUT2D eigenvalue weighted by Gasteiger charge is 2.33. The van der Waals surface area contributed by atoms with Gasteiger partial charge in [0, 0.05) is 4.88 Å². The highest BCUT2D eigenvalue weighted by Crippen LogP contribution is 2.33. The van der Waals surface area contributed by atoms with E-state index in [4.69, 9.17) is 4.74 Å². The van der Waals surface area contributed by atoms with Crippen LogP contribution < -0.4 is 14.9 Å². The minimum absolute atomic E-state index is 0.141. The lowest BCUT2D eigenvalue weighted by Crippen LogP contribution is -2.39.